The fraction of sp³-hybridized carbons (Fsp3) is 0.417. The molecule has 0 bridgehead atoms. The van der Waals surface area contributed by atoms with E-state index < -0.39 is 41.7 Å². The lowest BCUT2D eigenvalue weighted by Gasteiger charge is -2.23. The van der Waals surface area contributed by atoms with E-state index in [0.717, 1.165) is 0 Å². The van der Waals surface area contributed by atoms with E-state index in [1.807, 2.05) is 0 Å². The molecule has 1 rings (SSSR count). The first-order valence-corrected chi connectivity index (χ1v) is 7.65. The number of nitrogens with one attached hydrogen (secondary N) is 1. The van der Waals surface area contributed by atoms with Gasteiger partial charge in [0.2, 0.25) is 10.0 Å². The van der Waals surface area contributed by atoms with Gasteiger partial charge in [-0.25, -0.2) is 13.9 Å². The van der Waals surface area contributed by atoms with Gasteiger partial charge in [0.1, 0.15) is 5.75 Å². The highest BCUT2D eigenvalue weighted by atomic mass is 32.2. The zero-order valence-corrected chi connectivity index (χ0v) is 12.7. The number of hydroxylamine groups is 1. The van der Waals surface area contributed by atoms with Crippen LogP contribution in [-0.4, -0.2) is 67.0 Å². The Balaban J connectivity index is 3.09. The van der Waals surface area contributed by atoms with Gasteiger partial charge < -0.3 is 14.9 Å². The second-order valence-corrected chi connectivity index (χ2v) is 6.28. The first-order valence-electron chi connectivity index (χ1n) is 6.21. The molecule has 0 fully saturated rings. The van der Waals surface area contributed by atoms with Crippen molar-refractivity contribution in [3.05, 3.63) is 24.3 Å². The summed E-state index contributed by atoms with van der Waals surface area (Å²) >= 11 is 0. The maximum absolute atomic E-state index is 12.5. The topological polar surface area (TPSA) is 136 Å². The SMILES string of the molecule is COc1ccc(S(=O)(=O)N(CC(=O)NO)C[C@@H](O)CO)cc1. The molecule has 0 saturated heterocycles. The minimum absolute atomic E-state index is 0.121. The van der Waals surface area contributed by atoms with Crippen molar-refractivity contribution in [2.45, 2.75) is 11.0 Å². The van der Waals surface area contributed by atoms with Gasteiger partial charge in [-0.15, -0.1) is 0 Å². The molecule has 1 aromatic rings. The fourth-order valence-corrected chi connectivity index (χ4v) is 3.07. The number of methoxy groups -OCH3 is 1. The second-order valence-electron chi connectivity index (χ2n) is 4.34. The Morgan fingerprint density at radius 3 is 2.41 bits per heavy atom. The normalized spacial score (nSPS) is 13.0. The molecule has 1 amide bonds. The Hall–Kier alpha value is -1.72. The molecule has 4 N–H and O–H groups in total. The number of amides is 1. The Bertz CT molecular complexity index is 588. The van der Waals surface area contributed by atoms with Crippen LogP contribution in [0.25, 0.3) is 0 Å². The molecule has 9 nitrogen and oxygen atoms in total. The molecule has 22 heavy (non-hydrogen) atoms. The first-order chi connectivity index (χ1) is 10.3. The van der Waals surface area contributed by atoms with Crippen LogP contribution in [0.15, 0.2) is 29.2 Å². The zero-order chi connectivity index (χ0) is 16.8. The van der Waals surface area contributed by atoms with Gasteiger partial charge in [-0.05, 0) is 24.3 Å². The molecule has 10 heteroatoms. The van der Waals surface area contributed by atoms with Crippen molar-refractivity contribution >= 4 is 15.9 Å². The second kappa shape index (κ2) is 8.06. The van der Waals surface area contributed by atoms with Crippen LogP contribution in [0.1, 0.15) is 0 Å². The Morgan fingerprint density at radius 2 is 1.95 bits per heavy atom. The molecule has 0 aliphatic heterocycles. The molecular formula is C12H18N2O7S. The summed E-state index contributed by atoms with van der Waals surface area (Å²) in [6.07, 6.45) is -1.36. The van der Waals surface area contributed by atoms with Crippen molar-refractivity contribution < 1.29 is 33.4 Å². The minimum atomic E-state index is -4.10. The molecule has 0 radical (unpaired) electrons. The molecule has 0 unspecified atom stereocenters. The molecular weight excluding hydrogens is 316 g/mol. The number of hydrogen-bond acceptors (Lipinski definition) is 7. The van der Waals surface area contributed by atoms with E-state index in [1.165, 1.54) is 36.9 Å². The third-order valence-electron chi connectivity index (χ3n) is 2.77. The summed E-state index contributed by atoms with van der Waals surface area (Å²) in [5.74, 6) is -0.517. The number of rotatable bonds is 8. The lowest BCUT2D eigenvalue weighted by molar-refractivity contribution is -0.129. The highest BCUT2D eigenvalue weighted by Crippen LogP contribution is 2.19. The number of carbonyl (C=O) groups is 1. The molecule has 0 spiro atoms. The van der Waals surface area contributed by atoms with E-state index >= 15 is 0 Å². The van der Waals surface area contributed by atoms with Crippen LogP contribution in [0.2, 0.25) is 0 Å². The van der Waals surface area contributed by atoms with Crippen LogP contribution in [0.5, 0.6) is 5.75 Å². The van der Waals surface area contributed by atoms with E-state index in [4.69, 9.17) is 15.1 Å². The number of hydrogen-bond donors (Lipinski definition) is 4. The first kappa shape index (κ1) is 18.3. The van der Waals surface area contributed by atoms with Gasteiger partial charge in [0.25, 0.3) is 5.91 Å². The van der Waals surface area contributed by atoms with Crippen molar-refractivity contribution in [3.8, 4) is 5.75 Å². The quantitative estimate of drug-likeness (QED) is 0.337. The largest absolute Gasteiger partial charge is 0.497 e. The smallest absolute Gasteiger partial charge is 0.258 e. The summed E-state index contributed by atoms with van der Waals surface area (Å²) in [4.78, 5) is 11.1. The van der Waals surface area contributed by atoms with Crippen LogP contribution in [0.3, 0.4) is 0 Å². The Labute approximate surface area is 127 Å². The Kier molecular flexibility index (Phi) is 6.71. The van der Waals surface area contributed by atoms with Crippen molar-refractivity contribution in [1.29, 1.82) is 0 Å². The van der Waals surface area contributed by atoms with Gasteiger partial charge in [0, 0.05) is 6.54 Å². The highest BCUT2D eigenvalue weighted by Gasteiger charge is 2.28. The van der Waals surface area contributed by atoms with Crippen molar-refractivity contribution in [2.75, 3.05) is 26.8 Å². The number of nitrogens with zero attached hydrogens (tertiary/aromatic N) is 1. The molecule has 0 saturated carbocycles. The van der Waals surface area contributed by atoms with Gasteiger partial charge in [0.15, 0.2) is 0 Å². The van der Waals surface area contributed by atoms with Crippen molar-refractivity contribution in [3.63, 3.8) is 0 Å². The lowest BCUT2D eigenvalue weighted by Crippen LogP contribution is -2.44. The molecule has 0 aromatic heterocycles. The summed E-state index contributed by atoms with van der Waals surface area (Å²) in [6.45, 7) is -1.88. The molecule has 0 aliphatic carbocycles. The number of ether oxygens (including phenoxy) is 1. The minimum Gasteiger partial charge on any atom is -0.497 e. The van der Waals surface area contributed by atoms with Crippen LogP contribution < -0.4 is 10.2 Å². The summed E-state index contributed by atoms with van der Waals surface area (Å²) in [6, 6.07) is 5.42. The standard InChI is InChI=1S/C12H18N2O7S/c1-21-10-2-4-11(5-3-10)22(19,20)14(6-9(16)8-15)7-12(17)13-18/h2-5,9,15-16,18H,6-8H2,1H3,(H,13,17)/t9-/m1/s1. The average molecular weight is 334 g/mol. The van der Waals surface area contributed by atoms with E-state index in [-0.39, 0.29) is 4.90 Å². The van der Waals surface area contributed by atoms with Crippen LogP contribution in [0.4, 0.5) is 0 Å². The predicted octanol–water partition coefficient (Wildman–Crippen LogP) is -1.46. The monoisotopic (exact) mass is 334 g/mol. The van der Waals surface area contributed by atoms with E-state index in [9.17, 15) is 18.3 Å². The van der Waals surface area contributed by atoms with Crippen LogP contribution in [-0.2, 0) is 14.8 Å². The van der Waals surface area contributed by atoms with Crippen LogP contribution >= 0.6 is 0 Å². The van der Waals surface area contributed by atoms with Gasteiger partial charge in [-0.3, -0.25) is 10.0 Å². The van der Waals surface area contributed by atoms with Crippen molar-refractivity contribution in [2.24, 2.45) is 0 Å². The summed E-state index contributed by atoms with van der Waals surface area (Å²) < 4.78 is 30.5. The summed E-state index contributed by atoms with van der Waals surface area (Å²) in [5.41, 5.74) is 1.32. The zero-order valence-electron chi connectivity index (χ0n) is 11.8. The van der Waals surface area contributed by atoms with E-state index in [0.29, 0.717) is 10.1 Å². The number of aliphatic hydroxyl groups is 2. The molecule has 124 valence electrons. The maximum atomic E-state index is 12.5. The number of sulfonamides is 1. The summed E-state index contributed by atoms with van der Waals surface area (Å²) in [7, 11) is -2.67. The van der Waals surface area contributed by atoms with E-state index in [1.54, 1.807) is 0 Å². The average Bonchev–Trinajstić information content (AvgIpc) is 2.53. The fourth-order valence-electron chi connectivity index (χ4n) is 1.63. The van der Waals surface area contributed by atoms with Gasteiger partial charge in [0.05, 0.1) is 31.3 Å². The predicted molar refractivity (Wildman–Crippen MR) is 74.8 cm³/mol. The molecule has 0 heterocycles. The molecule has 1 atom stereocenters. The van der Waals surface area contributed by atoms with Gasteiger partial charge in [-0.1, -0.05) is 0 Å². The third kappa shape index (κ3) is 4.64. The molecule has 0 aliphatic rings. The number of carbonyl (C=O) groups excluding carboxylic acids is 1. The van der Waals surface area contributed by atoms with Gasteiger partial charge >= 0.3 is 0 Å². The lowest BCUT2D eigenvalue weighted by atomic mass is 10.3. The highest BCUT2D eigenvalue weighted by molar-refractivity contribution is 7.89. The van der Waals surface area contributed by atoms with E-state index in [2.05, 4.69) is 0 Å². The van der Waals surface area contributed by atoms with Crippen LogP contribution in [0, 0.1) is 0 Å². The number of benzene rings is 1. The molecule has 1 aromatic carbocycles. The summed E-state index contributed by atoms with van der Waals surface area (Å²) in [5, 5.41) is 26.8. The Morgan fingerprint density at radius 1 is 1.36 bits per heavy atom. The van der Waals surface area contributed by atoms with Crippen molar-refractivity contribution in [1.82, 2.24) is 9.79 Å². The van der Waals surface area contributed by atoms with Gasteiger partial charge in [-0.2, -0.15) is 4.31 Å². The third-order valence-corrected chi connectivity index (χ3v) is 4.59. The number of aliphatic hydroxyl groups excluding tert-OH is 2. The maximum Gasteiger partial charge on any atom is 0.258 e.